The number of morpholine rings is 1. The van der Waals surface area contributed by atoms with Crippen LogP contribution in [0.1, 0.15) is 25.3 Å². The Balaban J connectivity index is 0.00000156. The average molecular weight is 390 g/mol. The third-order valence-corrected chi connectivity index (χ3v) is 4.94. The van der Waals surface area contributed by atoms with Gasteiger partial charge >= 0.3 is 0 Å². The number of hydrogen-bond acceptors (Lipinski definition) is 4. The molecule has 25 heavy (non-hydrogen) atoms. The quantitative estimate of drug-likeness (QED) is 0.806. The molecule has 1 atom stereocenters. The minimum absolute atomic E-state index is 0. The van der Waals surface area contributed by atoms with Crippen molar-refractivity contribution in [3.8, 4) is 0 Å². The molecule has 0 bridgehead atoms. The van der Waals surface area contributed by atoms with Gasteiger partial charge in [-0.05, 0) is 37.5 Å². The Hall–Kier alpha value is -1.01. The van der Waals surface area contributed by atoms with Crippen LogP contribution in [0.3, 0.4) is 0 Å². The fraction of sp³-hybridized carbons (Fsp3) is 0.611. The summed E-state index contributed by atoms with van der Waals surface area (Å²) in [5, 5.41) is 0. The molecule has 2 heterocycles. The van der Waals surface area contributed by atoms with Crippen molar-refractivity contribution in [3.05, 3.63) is 29.8 Å². The van der Waals surface area contributed by atoms with Gasteiger partial charge in [0.2, 0.25) is 5.91 Å². The number of amides is 1. The molecule has 1 aromatic rings. The number of rotatable bonds is 3. The number of anilines is 1. The average Bonchev–Trinajstić information content (AvgIpc) is 2.57. The maximum atomic E-state index is 12.4. The number of nitrogens with zero attached hydrogens (tertiary/aromatic N) is 2. The standard InChI is InChI=1S/C18H27N3O2.2ClH/c1-14-13-21(10-11-23-14)17-6-8-20(9-7-17)18(22)12-15-2-4-16(19)5-3-15;;/h2-5,14,17H,6-13,19H2,1H3;2*1H. The summed E-state index contributed by atoms with van der Waals surface area (Å²) in [6.07, 6.45) is 2.94. The molecular weight excluding hydrogens is 361 g/mol. The monoisotopic (exact) mass is 389 g/mol. The van der Waals surface area contributed by atoms with E-state index in [0.717, 1.165) is 56.9 Å². The van der Waals surface area contributed by atoms with Crippen molar-refractivity contribution in [3.63, 3.8) is 0 Å². The summed E-state index contributed by atoms with van der Waals surface area (Å²) in [7, 11) is 0. The molecule has 3 rings (SSSR count). The van der Waals surface area contributed by atoms with E-state index in [0.29, 0.717) is 18.6 Å². The van der Waals surface area contributed by atoms with E-state index in [1.807, 2.05) is 29.2 Å². The van der Waals surface area contributed by atoms with Crippen LogP contribution >= 0.6 is 24.8 Å². The zero-order valence-electron chi connectivity index (χ0n) is 14.7. The Morgan fingerprint density at radius 1 is 1.16 bits per heavy atom. The summed E-state index contributed by atoms with van der Waals surface area (Å²) in [6, 6.07) is 8.19. The van der Waals surface area contributed by atoms with Crippen LogP contribution in [0.4, 0.5) is 5.69 Å². The van der Waals surface area contributed by atoms with Gasteiger partial charge in [0.25, 0.3) is 0 Å². The van der Waals surface area contributed by atoms with E-state index in [-0.39, 0.29) is 30.7 Å². The molecule has 1 aromatic carbocycles. The van der Waals surface area contributed by atoms with Crippen molar-refractivity contribution in [1.82, 2.24) is 9.80 Å². The van der Waals surface area contributed by atoms with Crippen LogP contribution in [-0.4, -0.2) is 60.6 Å². The second-order valence-corrected chi connectivity index (χ2v) is 6.71. The minimum Gasteiger partial charge on any atom is -0.399 e. The summed E-state index contributed by atoms with van der Waals surface area (Å²) in [5.41, 5.74) is 7.46. The number of nitrogens with two attached hydrogens (primary N) is 1. The fourth-order valence-corrected chi connectivity index (χ4v) is 3.58. The maximum absolute atomic E-state index is 12.4. The molecule has 1 unspecified atom stereocenters. The second-order valence-electron chi connectivity index (χ2n) is 6.71. The van der Waals surface area contributed by atoms with Crippen molar-refractivity contribution >= 4 is 36.4 Å². The predicted octanol–water partition coefficient (Wildman–Crippen LogP) is 2.37. The molecule has 0 radical (unpaired) electrons. The second kappa shape index (κ2) is 10.2. The first kappa shape index (κ1) is 22.0. The molecule has 5 nitrogen and oxygen atoms in total. The zero-order chi connectivity index (χ0) is 16.2. The van der Waals surface area contributed by atoms with Gasteiger partial charge in [-0.15, -0.1) is 24.8 Å². The molecule has 2 aliphatic heterocycles. The number of likely N-dealkylation sites (tertiary alicyclic amines) is 1. The number of carbonyl (C=O) groups excluding carboxylic acids is 1. The lowest BCUT2D eigenvalue weighted by Gasteiger charge is -2.41. The first-order chi connectivity index (χ1) is 11.1. The van der Waals surface area contributed by atoms with Crippen LogP contribution in [0.2, 0.25) is 0 Å². The van der Waals surface area contributed by atoms with Gasteiger partial charge in [0.15, 0.2) is 0 Å². The largest absolute Gasteiger partial charge is 0.399 e. The fourth-order valence-electron chi connectivity index (χ4n) is 3.58. The third-order valence-electron chi connectivity index (χ3n) is 4.94. The Kier molecular flexibility index (Phi) is 9.00. The van der Waals surface area contributed by atoms with Crippen LogP contribution in [0.25, 0.3) is 0 Å². The topological polar surface area (TPSA) is 58.8 Å². The third kappa shape index (κ3) is 6.03. The number of benzene rings is 1. The molecule has 0 saturated carbocycles. The SMILES string of the molecule is CC1CN(C2CCN(C(=O)Cc3ccc(N)cc3)CC2)CCO1.Cl.Cl. The van der Waals surface area contributed by atoms with E-state index in [1.165, 1.54) is 0 Å². The number of carbonyl (C=O) groups is 1. The van der Waals surface area contributed by atoms with E-state index >= 15 is 0 Å². The molecule has 2 saturated heterocycles. The lowest BCUT2D eigenvalue weighted by atomic mass is 10.0. The maximum Gasteiger partial charge on any atom is 0.226 e. The highest BCUT2D eigenvalue weighted by Gasteiger charge is 2.29. The Morgan fingerprint density at radius 3 is 2.40 bits per heavy atom. The Morgan fingerprint density at radius 2 is 1.80 bits per heavy atom. The number of halogens is 2. The summed E-state index contributed by atoms with van der Waals surface area (Å²) in [4.78, 5) is 17.0. The molecular formula is C18H29Cl2N3O2. The van der Waals surface area contributed by atoms with E-state index in [2.05, 4.69) is 11.8 Å². The lowest BCUT2D eigenvalue weighted by Crippen LogP contribution is -2.52. The molecule has 2 aliphatic rings. The summed E-state index contributed by atoms with van der Waals surface area (Å²) >= 11 is 0. The summed E-state index contributed by atoms with van der Waals surface area (Å²) in [5.74, 6) is 0.226. The van der Waals surface area contributed by atoms with E-state index < -0.39 is 0 Å². The van der Waals surface area contributed by atoms with Crippen molar-refractivity contribution < 1.29 is 9.53 Å². The molecule has 1 amide bonds. The summed E-state index contributed by atoms with van der Waals surface area (Å²) < 4.78 is 5.62. The number of ether oxygens (including phenoxy) is 1. The predicted molar refractivity (Wildman–Crippen MR) is 106 cm³/mol. The van der Waals surface area contributed by atoms with Crippen LogP contribution in [0.15, 0.2) is 24.3 Å². The van der Waals surface area contributed by atoms with Crippen LogP contribution < -0.4 is 5.73 Å². The van der Waals surface area contributed by atoms with Crippen LogP contribution in [0, 0.1) is 0 Å². The smallest absolute Gasteiger partial charge is 0.226 e. The van der Waals surface area contributed by atoms with E-state index in [9.17, 15) is 4.79 Å². The van der Waals surface area contributed by atoms with Crippen molar-refractivity contribution in [2.75, 3.05) is 38.5 Å². The number of hydrogen-bond donors (Lipinski definition) is 1. The van der Waals surface area contributed by atoms with Crippen molar-refractivity contribution in [1.29, 1.82) is 0 Å². The van der Waals surface area contributed by atoms with Gasteiger partial charge in [-0.3, -0.25) is 9.69 Å². The van der Waals surface area contributed by atoms with Gasteiger partial charge in [0.1, 0.15) is 0 Å². The molecule has 2 fully saturated rings. The highest BCUT2D eigenvalue weighted by Crippen LogP contribution is 2.20. The molecule has 0 aliphatic carbocycles. The van der Waals surface area contributed by atoms with Crippen molar-refractivity contribution in [2.45, 2.75) is 38.3 Å². The van der Waals surface area contributed by atoms with E-state index in [1.54, 1.807) is 0 Å². The Labute approximate surface area is 162 Å². The highest BCUT2D eigenvalue weighted by atomic mass is 35.5. The zero-order valence-corrected chi connectivity index (χ0v) is 16.4. The molecule has 142 valence electrons. The Bertz CT molecular complexity index is 534. The van der Waals surface area contributed by atoms with Gasteiger partial charge in [0, 0.05) is 37.9 Å². The lowest BCUT2D eigenvalue weighted by molar-refractivity contribution is -0.132. The first-order valence-corrected chi connectivity index (χ1v) is 8.59. The minimum atomic E-state index is 0. The number of nitrogen functional groups attached to an aromatic ring is 1. The molecule has 2 N–H and O–H groups in total. The first-order valence-electron chi connectivity index (χ1n) is 8.59. The number of piperidine rings is 1. The van der Waals surface area contributed by atoms with Crippen LogP contribution in [-0.2, 0) is 16.0 Å². The van der Waals surface area contributed by atoms with Gasteiger partial charge in [-0.1, -0.05) is 12.1 Å². The molecule has 7 heteroatoms. The molecule has 0 spiro atoms. The highest BCUT2D eigenvalue weighted by molar-refractivity contribution is 5.85. The van der Waals surface area contributed by atoms with Gasteiger partial charge in [0.05, 0.1) is 19.1 Å². The van der Waals surface area contributed by atoms with E-state index in [4.69, 9.17) is 10.5 Å². The molecule has 0 aromatic heterocycles. The van der Waals surface area contributed by atoms with Crippen molar-refractivity contribution in [2.24, 2.45) is 0 Å². The summed E-state index contributed by atoms with van der Waals surface area (Å²) in [6.45, 7) is 6.74. The normalized spacial score (nSPS) is 22.0. The van der Waals surface area contributed by atoms with Crippen LogP contribution in [0.5, 0.6) is 0 Å². The van der Waals surface area contributed by atoms with Gasteiger partial charge in [-0.2, -0.15) is 0 Å². The van der Waals surface area contributed by atoms with Gasteiger partial charge < -0.3 is 15.4 Å². The van der Waals surface area contributed by atoms with Gasteiger partial charge in [-0.25, -0.2) is 0 Å².